The molecule has 0 unspecified atom stereocenters. The number of benzene rings is 2. The second-order valence-electron chi connectivity index (χ2n) is 8.31. The van der Waals surface area contributed by atoms with Crippen molar-refractivity contribution in [3.05, 3.63) is 90.9 Å². The Morgan fingerprint density at radius 2 is 1.65 bits per heavy atom. The van der Waals surface area contributed by atoms with Gasteiger partial charge in [-0.15, -0.1) is 0 Å². The Balaban J connectivity index is 1.69. The number of pyridine rings is 1. The number of urea groups is 1. The predicted molar refractivity (Wildman–Crippen MR) is 125 cm³/mol. The molecule has 0 spiro atoms. The van der Waals surface area contributed by atoms with Gasteiger partial charge in [0.1, 0.15) is 5.82 Å². The Morgan fingerprint density at radius 3 is 2.35 bits per heavy atom. The van der Waals surface area contributed by atoms with Gasteiger partial charge in [0.2, 0.25) is 0 Å². The van der Waals surface area contributed by atoms with E-state index in [2.05, 4.69) is 36.4 Å². The highest BCUT2D eigenvalue weighted by atomic mass is 16.2. The van der Waals surface area contributed by atoms with Crippen molar-refractivity contribution in [3.8, 4) is 16.8 Å². The molecule has 156 valence electrons. The molecule has 0 bridgehead atoms. The van der Waals surface area contributed by atoms with Gasteiger partial charge in [0.05, 0.1) is 11.4 Å². The van der Waals surface area contributed by atoms with Gasteiger partial charge in [-0.1, -0.05) is 57.2 Å². The van der Waals surface area contributed by atoms with Crippen LogP contribution in [0.3, 0.4) is 0 Å². The maximum Gasteiger partial charge on any atom is 0.324 e. The predicted octanol–water partition coefficient (Wildman–Crippen LogP) is 5.88. The van der Waals surface area contributed by atoms with Crippen LogP contribution in [0.15, 0.2) is 85.2 Å². The number of carbonyl (C=O) groups excluding carboxylic acids is 1. The lowest BCUT2D eigenvalue weighted by Gasteiger charge is -2.14. The van der Waals surface area contributed by atoms with Crippen LogP contribution >= 0.6 is 0 Å². The van der Waals surface area contributed by atoms with Crippen molar-refractivity contribution in [1.82, 2.24) is 14.8 Å². The van der Waals surface area contributed by atoms with Crippen LogP contribution in [-0.4, -0.2) is 20.8 Å². The number of hydrogen-bond acceptors (Lipinski definition) is 3. The van der Waals surface area contributed by atoms with Crippen LogP contribution in [0.1, 0.15) is 26.5 Å². The molecule has 2 amide bonds. The van der Waals surface area contributed by atoms with E-state index in [0.717, 1.165) is 28.2 Å². The summed E-state index contributed by atoms with van der Waals surface area (Å²) < 4.78 is 1.77. The van der Waals surface area contributed by atoms with Gasteiger partial charge in [0.15, 0.2) is 0 Å². The summed E-state index contributed by atoms with van der Waals surface area (Å²) in [6.45, 7) is 6.29. The lowest BCUT2D eigenvalue weighted by molar-refractivity contribution is 0.262. The molecule has 4 rings (SSSR count). The van der Waals surface area contributed by atoms with E-state index in [1.165, 1.54) is 0 Å². The SMILES string of the molecule is CC(C)(C)c1cc(NC(=O)Nc2ccccc2)n(-c2cccc(-c3cccnc3)c2)n1. The second kappa shape index (κ2) is 8.44. The van der Waals surface area contributed by atoms with E-state index in [1.807, 2.05) is 79.0 Å². The molecule has 31 heavy (non-hydrogen) atoms. The summed E-state index contributed by atoms with van der Waals surface area (Å²) in [7, 11) is 0. The minimum absolute atomic E-state index is 0.168. The van der Waals surface area contributed by atoms with Crippen LogP contribution in [-0.2, 0) is 5.41 Å². The lowest BCUT2D eigenvalue weighted by atomic mass is 9.92. The number of rotatable bonds is 4. The average Bonchev–Trinajstić information content (AvgIpc) is 3.19. The van der Waals surface area contributed by atoms with E-state index >= 15 is 0 Å². The number of anilines is 2. The zero-order chi connectivity index (χ0) is 21.8. The number of carbonyl (C=O) groups is 1. The van der Waals surface area contributed by atoms with Crippen LogP contribution < -0.4 is 10.6 Å². The largest absolute Gasteiger partial charge is 0.324 e. The standard InChI is InChI=1S/C25H25N5O/c1-25(2,3)22-16-23(28-24(31)27-20-11-5-4-6-12-20)30(29-22)21-13-7-9-18(15-21)19-10-8-14-26-17-19/h4-17H,1-3H3,(H2,27,28,31). The maximum absolute atomic E-state index is 12.6. The Hall–Kier alpha value is -3.93. The number of amides is 2. The molecule has 0 aliphatic rings. The van der Waals surface area contributed by atoms with Gasteiger partial charge in [-0.2, -0.15) is 5.10 Å². The molecule has 2 aromatic carbocycles. The minimum atomic E-state index is -0.323. The van der Waals surface area contributed by atoms with Gasteiger partial charge in [-0.25, -0.2) is 9.48 Å². The van der Waals surface area contributed by atoms with Crippen molar-refractivity contribution in [1.29, 1.82) is 0 Å². The topological polar surface area (TPSA) is 71.8 Å². The summed E-state index contributed by atoms with van der Waals surface area (Å²) in [6.07, 6.45) is 3.58. The molecule has 2 N–H and O–H groups in total. The molecule has 6 nitrogen and oxygen atoms in total. The molecule has 0 atom stereocenters. The maximum atomic E-state index is 12.6. The quantitative estimate of drug-likeness (QED) is 0.441. The van der Waals surface area contributed by atoms with E-state index in [0.29, 0.717) is 5.82 Å². The number of aromatic nitrogens is 3. The monoisotopic (exact) mass is 411 g/mol. The number of nitrogens with zero attached hydrogens (tertiary/aromatic N) is 3. The molecule has 0 aliphatic heterocycles. The highest BCUT2D eigenvalue weighted by Crippen LogP contribution is 2.28. The normalized spacial score (nSPS) is 11.2. The second-order valence-corrected chi connectivity index (χ2v) is 8.31. The number of para-hydroxylation sites is 1. The molecule has 0 saturated carbocycles. The van der Waals surface area contributed by atoms with Crippen LogP contribution in [0.5, 0.6) is 0 Å². The van der Waals surface area contributed by atoms with E-state index < -0.39 is 0 Å². The summed E-state index contributed by atoms with van der Waals surface area (Å²) in [6, 6.07) is 22.9. The summed E-state index contributed by atoms with van der Waals surface area (Å²) in [5.41, 5.74) is 4.34. The third-order valence-electron chi connectivity index (χ3n) is 4.84. The fourth-order valence-electron chi connectivity index (χ4n) is 3.18. The molecule has 4 aromatic rings. The van der Waals surface area contributed by atoms with E-state index in [4.69, 9.17) is 5.10 Å². The number of hydrogen-bond donors (Lipinski definition) is 2. The van der Waals surface area contributed by atoms with Crippen LogP contribution in [0.4, 0.5) is 16.3 Å². The fraction of sp³-hybridized carbons (Fsp3) is 0.160. The Labute approximate surface area is 182 Å². The fourth-order valence-corrected chi connectivity index (χ4v) is 3.18. The molecule has 2 aromatic heterocycles. The summed E-state index contributed by atoms with van der Waals surface area (Å²) in [5, 5.41) is 10.6. The molecular formula is C25H25N5O. The van der Waals surface area contributed by atoms with Crippen molar-refractivity contribution >= 4 is 17.5 Å². The molecule has 0 radical (unpaired) electrons. The first-order valence-corrected chi connectivity index (χ1v) is 10.1. The Kier molecular flexibility index (Phi) is 5.54. The molecule has 2 heterocycles. The van der Waals surface area contributed by atoms with Crippen LogP contribution in [0.2, 0.25) is 0 Å². The highest BCUT2D eigenvalue weighted by Gasteiger charge is 2.21. The van der Waals surface area contributed by atoms with Crippen LogP contribution in [0.25, 0.3) is 16.8 Å². The van der Waals surface area contributed by atoms with Crippen molar-refractivity contribution in [2.75, 3.05) is 10.6 Å². The van der Waals surface area contributed by atoms with Gasteiger partial charge in [-0.05, 0) is 35.9 Å². The third-order valence-corrected chi connectivity index (χ3v) is 4.84. The van der Waals surface area contributed by atoms with Gasteiger partial charge >= 0.3 is 6.03 Å². The molecule has 0 saturated heterocycles. The molecule has 6 heteroatoms. The van der Waals surface area contributed by atoms with Crippen molar-refractivity contribution < 1.29 is 4.79 Å². The van der Waals surface area contributed by atoms with E-state index in [-0.39, 0.29) is 11.4 Å². The third kappa shape index (κ3) is 4.80. The highest BCUT2D eigenvalue weighted by molar-refractivity contribution is 5.99. The lowest BCUT2D eigenvalue weighted by Crippen LogP contribution is -2.21. The van der Waals surface area contributed by atoms with Crippen molar-refractivity contribution in [2.45, 2.75) is 26.2 Å². The minimum Gasteiger partial charge on any atom is -0.308 e. The summed E-state index contributed by atoms with van der Waals surface area (Å²) in [4.78, 5) is 16.9. The Bertz CT molecular complexity index is 1180. The van der Waals surface area contributed by atoms with Gasteiger partial charge < -0.3 is 5.32 Å². The first-order valence-electron chi connectivity index (χ1n) is 10.1. The van der Waals surface area contributed by atoms with Crippen molar-refractivity contribution in [3.63, 3.8) is 0 Å². The molecular weight excluding hydrogens is 386 g/mol. The zero-order valence-corrected chi connectivity index (χ0v) is 17.8. The Morgan fingerprint density at radius 1 is 0.871 bits per heavy atom. The van der Waals surface area contributed by atoms with Gasteiger partial charge in [0.25, 0.3) is 0 Å². The summed E-state index contributed by atoms with van der Waals surface area (Å²) >= 11 is 0. The first kappa shape index (κ1) is 20.3. The smallest absolute Gasteiger partial charge is 0.308 e. The van der Waals surface area contributed by atoms with Crippen molar-refractivity contribution in [2.24, 2.45) is 0 Å². The van der Waals surface area contributed by atoms with Gasteiger partial charge in [-0.3, -0.25) is 10.3 Å². The molecule has 0 fully saturated rings. The first-order chi connectivity index (χ1) is 14.9. The van der Waals surface area contributed by atoms with Crippen LogP contribution in [0, 0.1) is 0 Å². The number of nitrogens with one attached hydrogen (secondary N) is 2. The molecule has 0 aliphatic carbocycles. The zero-order valence-electron chi connectivity index (χ0n) is 17.8. The van der Waals surface area contributed by atoms with E-state index in [1.54, 1.807) is 10.9 Å². The van der Waals surface area contributed by atoms with E-state index in [9.17, 15) is 4.79 Å². The summed E-state index contributed by atoms with van der Waals surface area (Å²) in [5.74, 6) is 0.599. The van der Waals surface area contributed by atoms with Gasteiger partial charge in [0, 0.05) is 35.1 Å². The average molecular weight is 412 g/mol.